The van der Waals surface area contributed by atoms with Crippen molar-refractivity contribution < 1.29 is 0 Å². The molecule has 1 nitrogen and oxygen atoms in total. The van der Waals surface area contributed by atoms with Crippen LogP contribution in [0.4, 0.5) is 0 Å². The normalized spacial score (nSPS) is 47.9. The van der Waals surface area contributed by atoms with Gasteiger partial charge in [-0.25, -0.2) is 0 Å². The Morgan fingerprint density at radius 2 is 1.59 bits per heavy atom. The summed E-state index contributed by atoms with van der Waals surface area (Å²) in [6, 6.07) is 0.467. The van der Waals surface area contributed by atoms with Crippen molar-refractivity contribution in [3.05, 3.63) is 0 Å². The Morgan fingerprint density at radius 1 is 0.864 bits per heavy atom. The van der Waals surface area contributed by atoms with Gasteiger partial charge in [-0.15, -0.1) is 0 Å². The van der Waals surface area contributed by atoms with Crippen LogP contribution in [0, 0.1) is 53.3 Å². The Hall–Kier alpha value is -0.0400. The highest BCUT2D eigenvalue weighted by Crippen LogP contribution is 2.60. The Kier molecular flexibility index (Phi) is 4.93. The van der Waals surface area contributed by atoms with E-state index >= 15 is 0 Å². The highest BCUT2D eigenvalue weighted by Gasteiger charge is 2.53. The first-order valence-corrected chi connectivity index (χ1v) is 10.1. The Labute approximate surface area is 138 Å². The molecule has 3 aliphatic carbocycles. The molecule has 0 spiro atoms. The molecule has 2 N–H and O–H groups in total. The van der Waals surface area contributed by atoms with Crippen molar-refractivity contribution in [3.8, 4) is 0 Å². The van der Waals surface area contributed by atoms with E-state index in [-0.39, 0.29) is 0 Å². The van der Waals surface area contributed by atoms with Crippen LogP contribution in [0.5, 0.6) is 0 Å². The summed E-state index contributed by atoms with van der Waals surface area (Å²) in [5, 5.41) is 0. The molecule has 3 rings (SSSR count). The van der Waals surface area contributed by atoms with E-state index in [2.05, 4.69) is 34.6 Å². The minimum Gasteiger partial charge on any atom is -0.328 e. The monoisotopic (exact) mass is 305 g/mol. The van der Waals surface area contributed by atoms with Gasteiger partial charge in [0.25, 0.3) is 0 Å². The van der Waals surface area contributed by atoms with Crippen LogP contribution in [0.1, 0.15) is 73.1 Å². The second kappa shape index (κ2) is 6.46. The van der Waals surface area contributed by atoms with Gasteiger partial charge in [0.05, 0.1) is 0 Å². The van der Waals surface area contributed by atoms with E-state index in [1.165, 1.54) is 38.5 Å². The average molecular weight is 306 g/mol. The molecule has 0 aromatic carbocycles. The van der Waals surface area contributed by atoms with Crippen LogP contribution >= 0.6 is 0 Å². The number of fused-ring (bicyclic) bond motifs is 1. The van der Waals surface area contributed by atoms with Gasteiger partial charge in [0, 0.05) is 6.04 Å². The quantitative estimate of drug-likeness (QED) is 0.745. The van der Waals surface area contributed by atoms with Gasteiger partial charge in [-0.3, -0.25) is 0 Å². The van der Waals surface area contributed by atoms with Crippen LogP contribution in [-0.2, 0) is 0 Å². The van der Waals surface area contributed by atoms with Gasteiger partial charge >= 0.3 is 0 Å². The maximum Gasteiger partial charge on any atom is 0.00441 e. The van der Waals surface area contributed by atoms with E-state index < -0.39 is 0 Å². The number of hydrogen-bond donors (Lipinski definition) is 1. The summed E-state index contributed by atoms with van der Waals surface area (Å²) in [6.45, 7) is 12.4. The van der Waals surface area contributed by atoms with E-state index in [0.717, 1.165) is 53.3 Å². The maximum atomic E-state index is 6.42. The number of rotatable bonds is 4. The third kappa shape index (κ3) is 2.99. The number of nitrogens with two attached hydrogens (primary N) is 1. The summed E-state index contributed by atoms with van der Waals surface area (Å²) in [5.41, 5.74) is 6.42. The summed E-state index contributed by atoms with van der Waals surface area (Å²) in [6.07, 6.45) is 8.55. The molecule has 0 aromatic rings. The predicted octanol–water partition coefficient (Wildman–Crippen LogP) is 5.34. The molecular formula is C21H39N. The van der Waals surface area contributed by atoms with Gasteiger partial charge in [0.1, 0.15) is 0 Å². The van der Waals surface area contributed by atoms with Gasteiger partial charge in [0.15, 0.2) is 0 Å². The minimum absolute atomic E-state index is 0.467. The van der Waals surface area contributed by atoms with E-state index in [1.807, 2.05) is 0 Å². The SMILES string of the molecule is CC1CC(C(C(C)C(C)C)C2C[C@@H]3C(C)CCC23)C[C@H](N)C1. The second-order valence-electron chi connectivity index (χ2n) is 9.79. The molecule has 9 atom stereocenters. The molecule has 0 amide bonds. The van der Waals surface area contributed by atoms with Gasteiger partial charge < -0.3 is 5.73 Å². The van der Waals surface area contributed by atoms with Gasteiger partial charge in [-0.2, -0.15) is 0 Å². The van der Waals surface area contributed by atoms with Crippen molar-refractivity contribution in [2.75, 3.05) is 0 Å². The second-order valence-corrected chi connectivity index (χ2v) is 9.79. The van der Waals surface area contributed by atoms with E-state index in [1.54, 1.807) is 0 Å². The van der Waals surface area contributed by atoms with E-state index in [9.17, 15) is 0 Å². The first-order valence-electron chi connectivity index (χ1n) is 10.1. The lowest BCUT2D eigenvalue weighted by Crippen LogP contribution is -2.48. The van der Waals surface area contributed by atoms with Gasteiger partial charge in [0.2, 0.25) is 0 Å². The van der Waals surface area contributed by atoms with Crippen molar-refractivity contribution in [1.29, 1.82) is 0 Å². The fourth-order valence-corrected chi connectivity index (χ4v) is 6.62. The molecule has 22 heavy (non-hydrogen) atoms. The van der Waals surface area contributed by atoms with Crippen LogP contribution in [0.25, 0.3) is 0 Å². The molecule has 0 bridgehead atoms. The molecular weight excluding hydrogens is 266 g/mol. The summed E-state index contributed by atoms with van der Waals surface area (Å²) in [7, 11) is 0. The Balaban J connectivity index is 1.76. The topological polar surface area (TPSA) is 26.0 Å². The smallest absolute Gasteiger partial charge is 0.00441 e. The molecule has 0 aromatic heterocycles. The summed E-state index contributed by atoms with van der Waals surface area (Å²) >= 11 is 0. The zero-order valence-corrected chi connectivity index (χ0v) is 15.6. The van der Waals surface area contributed by atoms with Crippen molar-refractivity contribution in [2.45, 2.75) is 79.2 Å². The lowest BCUT2D eigenvalue weighted by molar-refractivity contribution is -0.0409. The van der Waals surface area contributed by atoms with Crippen molar-refractivity contribution >= 4 is 0 Å². The van der Waals surface area contributed by atoms with Crippen LogP contribution < -0.4 is 5.73 Å². The lowest BCUT2D eigenvalue weighted by atomic mass is 9.52. The van der Waals surface area contributed by atoms with E-state index in [4.69, 9.17) is 5.73 Å². The molecule has 0 heterocycles. The van der Waals surface area contributed by atoms with Crippen LogP contribution in [0.15, 0.2) is 0 Å². The van der Waals surface area contributed by atoms with Crippen LogP contribution in [0.3, 0.4) is 0 Å². The zero-order valence-electron chi connectivity index (χ0n) is 15.6. The fourth-order valence-electron chi connectivity index (χ4n) is 6.62. The van der Waals surface area contributed by atoms with Crippen molar-refractivity contribution in [2.24, 2.45) is 59.0 Å². The minimum atomic E-state index is 0.467. The molecule has 3 saturated carbocycles. The van der Waals surface area contributed by atoms with Crippen molar-refractivity contribution in [1.82, 2.24) is 0 Å². The molecule has 1 heteroatoms. The van der Waals surface area contributed by atoms with Crippen molar-refractivity contribution in [3.63, 3.8) is 0 Å². The highest BCUT2D eigenvalue weighted by atomic mass is 14.7. The number of hydrogen-bond acceptors (Lipinski definition) is 1. The molecule has 7 unspecified atom stereocenters. The highest BCUT2D eigenvalue weighted by molar-refractivity contribution is 5.02. The third-order valence-corrected chi connectivity index (χ3v) is 8.04. The summed E-state index contributed by atoms with van der Waals surface area (Å²) < 4.78 is 0. The largest absolute Gasteiger partial charge is 0.328 e. The molecule has 128 valence electrons. The maximum absolute atomic E-state index is 6.42. The Morgan fingerprint density at radius 3 is 2.18 bits per heavy atom. The molecule has 3 fully saturated rings. The van der Waals surface area contributed by atoms with Gasteiger partial charge in [-0.05, 0) is 85.4 Å². The Bertz CT molecular complexity index is 366. The van der Waals surface area contributed by atoms with Gasteiger partial charge in [-0.1, -0.05) is 41.0 Å². The average Bonchev–Trinajstić information content (AvgIpc) is 2.68. The standard InChI is InChI=1S/C21H39N/c1-12(2)15(5)21(16-8-13(3)9-17(22)10-16)20-11-19-14(4)6-7-18(19)20/h12-21H,6-11,22H2,1-5H3/t13?,14?,15?,16?,17-,18?,19-,20?,21?/m1/s1. The fraction of sp³-hybridized carbons (Fsp3) is 1.00. The molecule has 0 saturated heterocycles. The van der Waals surface area contributed by atoms with E-state index in [0.29, 0.717) is 6.04 Å². The summed E-state index contributed by atoms with van der Waals surface area (Å²) in [5.74, 6) is 8.53. The molecule has 3 aliphatic rings. The van der Waals surface area contributed by atoms with Crippen LogP contribution in [-0.4, -0.2) is 6.04 Å². The first kappa shape index (κ1) is 16.8. The third-order valence-electron chi connectivity index (χ3n) is 8.04. The molecule has 0 aliphatic heterocycles. The lowest BCUT2D eigenvalue weighted by Gasteiger charge is -2.53. The predicted molar refractivity (Wildman–Crippen MR) is 95.5 cm³/mol. The zero-order chi connectivity index (χ0) is 16.0. The molecule has 0 radical (unpaired) electrons. The first-order chi connectivity index (χ1) is 10.4. The van der Waals surface area contributed by atoms with Crippen LogP contribution in [0.2, 0.25) is 0 Å². The summed E-state index contributed by atoms with van der Waals surface area (Å²) in [4.78, 5) is 0.